The summed E-state index contributed by atoms with van der Waals surface area (Å²) >= 11 is 0. The molecule has 4 unspecified atom stereocenters. The van der Waals surface area contributed by atoms with Gasteiger partial charge in [-0.3, -0.25) is 0 Å². The monoisotopic (exact) mass is 178 g/mol. The van der Waals surface area contributed by atoms with Gasteiger partial charge in [0.15, 0.2) is 0 Å². The number of hydrogen-bond acceptors (Lipinski definition) is 1. The standard InChI is InChI=1S/C12H18O/c1-11(2)9-4-6-12(11,3)10-8(9)5-7-13-10/h8-10H,4-6H2,1-3H3. The Kier molecular flexibility index (Phi) is 1.36. The SMILES string of the molecule is CC1(C)C2CCC1(C)C1O[C]CC21. The van der Waals surface area contributed by atoms with E-state index in [1.807, 2.05) is 0 Å². The average molecular weight is 178 g/mol. The molecule has 72 valence electrons. The molecule has 0 aromatic rings. The highest BCUT2D eigenvalue weighted by Crippen LogP contribution is 2.70. The van der Waals surface area contributed by atoms with Crippen LogP contribution in [0.4, 0.5) is 0 Å². The number of ether oxygens (including phenoxy) is 1. The van der Waals surface area contributed by atoms with E-state index in [-0.39, 0.29) is 0 Å². The predicted octanol–water partition coefficient (Wildman–Crippen LogP) is 2.89. The Balaban J connectivity index is 2.07. The van der Waals surface area contributed by atoms with Crippen LogP contribution >= 0.6 is 0 Å². The van der Waals surface area contributed by atoms with Gasteiger partial charge in [-0.05, 0) is 41.9 Å². The van der Waals surface area contributed by atoms with Gasteiger partial charge in [0, 0.05) is 0 Å². The quantitative estimate of drug-likeness (QED) is 0.554. The molecule has 1 saturated heterocycles. The van der Waals surface area contributed by atoms with E-state index in [0.29, 0.717) is 16.9 Å². The van der Waals surface area contributed by atoms with E-state index < -0.39 is 0 Å². The summed E-state index contributed by atoms with van der Waals surface area (Å²) in [6, 6.07) is 0. The van der Waals surface area contributed by atoms with Gasteiger partial charge in [-0.2, -0.15) is 0 Å². The number of hydrogen-bond donors (Lipinski definition) is 0. The van der Waals surface area contributed by atoms with Gasteiger partial charge >= 0.3 is 0 Å². The Morgan fingerprint density at radius 2 is 2.08 bits per heavy atom. The fourth-order valence-corrected chi connectivity index (χ4v) is 4.20. The van der Waals surface area contributed by atoms with Crippen LogP contribution in [0.1, 0.15) is 40.0 Å². The van der Waals surface area contributed by atoms with Crippen LogP contribution in [-0.2, 0) is 4.74 Å². The zero-order valence-corrected chi connectivity index (χ0v) is 8.76. The van der Waals surface area contributed by atoms with Crippen LogP contribution in [0, 0.1) is 29.3 Å². The minimum atomic E-state index is 0.422. The minimum Gasteiger partial charge on any atom is -0.365 e. The maximum Gasteiger partial charge on any atom is 0.133 e. The molecule has 3 aliphatic rings. The van der Waals surface area contributed by atoms with Crippen LogP contribution in [0.2, 0.25) is 0 Å². The molecule has 3 fully saturated rings. The lowest BCUT2D eigenvalue weighted by molar-refractivity contribution is -0.00392. The van der Waals surface area contributed by atoms with Gasteiger partial charge in [0.2, 0.25) is 0 Å². The molecule has 0 amide bonds. The molecule has 0 spiro atoms. The van der Waals surface area contributed by atoms with Crippen LogP contribution in [0.15, 0.2) is 0 Å². The second-order valence-electron chi connectivity index (χ2n) is 5.84. The molecule has 0 aromatic carbocycles. The van der Waals surface area contributed by atoms with Crippen molar-refractivity contribution in [1.82, 2.24) is 0 Å². The third-order valence-electron chi connectivity index (χ3n) is 5.44. The lowest BCUT2D eigenvalue weighted by atomic mass is 9.70. The zero-order valence-electron chi connectivity index (χ0n) is 8.76. The smallest absolute Gasteiger partial charge is 0.133 e. The summed E-state index contributed by atoms with van der Waals surface area (Å²) < 4.78 is 5.70. The van der Waals surface area contributed by atoms with Gasteiger partial charge in [0.05, 0.1) is 6.10 Å². The molecule has 1 heteroatoms. The topological polar surface area (TPSA) is 9.23 Å². The summed E-state index contributed by atoms with van der Waals surface area (Å²) in [5.74, 6) is 1.67. The van der Waals surface area contributed by atoms with E-state index in [0.717, 1.165) is 18.3 Å². The molecule has 1 aliphatic heterocycles. The second kappa shape index (κ2) is 2.13. The highest BCUT2D eigenvalue weighted by molar-refractivity contribution is 5.17. The van der Waals surface area contributed by atoms with Crippen molar-refractivity contribution in [3.63, 3.8) is 0 Å². The lowest BCUT2D eigenvalue weighted by Gasteiger charge is -2.38. The molecular formula is C12H18O. The van der Waals surface area contributed by atoms with Crippen molar-refractivity contribution < 1.29 is 4.74 Å². The summed E-state index contributed by atoms with van der Waals surface area (Å²) in [6.07, 6.45) is 4.33. The second-order valence-corrected chi connectivity index (χ2v) is 5.84. The number of fused-ring (bicyclic) bond motifs is 5. The van der Waals surface area contributed by atoms with Gasteiger partial charge in [-0.25, -0.2) is 0 Å². The first-order valence-corrected chi connectivity index (χ1v) is 5.46. The lowest BCUT2D eigenvalue weighted by Crippen LogP contribution is -2.36. The maximum atomic E-state index is 5.70. The van der Waals surface area contributed by atoms with Crippen molar-refractivity contribution in [2.75, 3.05) is 0 Å². The minimum absolute atomic E-state index is 0.422. The normalized spacial score (nSPS) is 57.0. The summed E-state index contributed by atoms with van der Waals surface area (Å²) in [4.78, 5) is 0. The first kappa shape index (κ1) is 8.28. The van der Waals surface area contributed by atoms with E-state index in [9.17, 15) is 0 Å². The predicted molar refractivity (Wildman–Crippen MR) is 50.8 cm³/mol. The van der Waals surface area contributed by atoms with Gasteiger partial charge in [0.1, 0.15) is 6.61 Å². The Bertz CT molecular complexity index is 244. The fourth-order valence-electron chi connectivity index (χ4n) is 4.20. The van der Waals surface area contributed by atoms with E-state index in [1.165, 1.54) is 12.8 Å². The summed E-state index contributed by atoms with van der Waals surface area (Å²) in [7, 11) is 0. The van der Waals surface area contributed by atoms with Gasteiger partial charge in [0.25, 0.3) is 0 Å². The molecule has 2 radical (unpaired) electrons. The number of rotatable bonds is 0. The summed E-state index contributed by atoms with van der Waals surface area (Å²) in [5, 5.41) is 0. The Labute approximate surface area is 80.8 Å². The van der Waals surface area contributed by atoms with E-state index in [4.69, 9.17) is 4.74 Å². The van der Waals surface area contributed by atoms with Crippen LogP contribution < -0.4 is 0 Å². The third kappa shape index (κ3) is 0.707. The van der Waals surface area contributed by atoms with Crippen molar-refractivity contribution >= 4 is 0 Å². The summed E-state index contributed by atoms with van der Waals surface area (Å²) in [6.45, 7) is 10.4. The third-order valence-corrected chi connectivity index (χ3v) is 5.44. The maximum absolute atomic E-state index is 5.70. The van der Waals surface area contributed by atoms with Crippen molar-refractivity contribution in [3.8, 4) is 0 Å². The first-order chi connectivity index (χ1) is 6.07. The van der Waals surface area contributed by atoms with E-state index >= 15 is 0 Å². The molecule has 3 rings (SSSR count). The van der Waals surface area contributed by atoms with Crippen molar-refractivity contribution in [3.05, 3.63) is 6.61 Å². The van der Waals surface area contributed by atoms with E-state index in [2.05, 4.69) is 27.4 Å². The molecule has 13 heavy (non-hydrogen) atoms. The van der Waals surface area contributed by atoms with Gasteiger partial charge in [-0.1, -0.05) is 20.8 Å². The van der Waals surface area contributed by atoms with Crippen LogP contribution in [-0.4, -0.2) is 6.10 Å². The Morgan fingerprint density at radius 1 is 1.31 bits per heavy atom. The molecule has 1 heterocycles. The highest BCUT2D eigenvalue weighted by atomic mass is 16.5. The first-order valence-electron chi connectivity index (χ1n) is 5.46. The zero-order chi connectivity index (χ0) is 9.27. The largest absolute Gasteiger partial charge is 0.365 e. The molecule has 0 aromatic heterocycles. The highest BCUT2D eigenvalue weighted by Gasteiger charge is 2.67. The molecule has 2 aliphatic carbocycles. The van der Waals surface area contributed by atoms with Crippen LogP contribution in [0.3, 0.4) is 0 Å². The molecule has 0 N–H and O–H groups in total. The Hall–Kier alpha value is -0.0400. The van der Waals surface area contributed by atoms with Crippen molar-refractivity contribution in [2.45, 2.75) is 46.1 Å². The molecule has 1 nitrogen and oxygen atoms in total. The van der Waals surface area contributed by atoms with Crippen molar-refractivity contribution in [2.24, 2.45) is 22.7 Å². The van der Waals surface area contributed by atoms with Gasteiger partial charge < -0.3 is 4.74 Å². The molecule has 4 atom stereocenters. The Morgan fingerprint density at radius 3 is 2.77 bits per heavy atom. The fraction of sp³-hybridized carbons (Fsp3) is 0.917. The van der Waals surface area contributed by atoms with Crippen LogP contribution in [0.5, 0.6) is 0 Å². The van der Waals surface area contributed by atoms with E-state index in [1.54, 1.807) is 0 Å². The van der Waals surface area contributed by atoms with Crippen molar-refractivity contribution in [1.29, 1.82) is 0 Å². The summed E-state index contributed by atoms with van der Waals surface area (Å²) in [5.41, 5.74) is 0.913. The van der Waals surface area contributed by atoms with Crippen LogP contribution in [0.25, 0.3) is 0 Å². The molecule has 2 bridgehead atoms. The molecular weight excluding hydrogens is 160 g/mol. The molecule has 2 saturated carbocycles. The average Bonchev–Trinajstić information content (AvgIpc) is 2.63. The van der Waals surface area contributed by atoms with Gasteiger partial charge in [-0.15, -0.1) is 0 Å².